The molecule has 2 aromatic rings. The molecule has 1 N–H and O–H groups in total. The first kappa shape index (κ1) is 15.1. The molecule has 118 valence electrons. The minimum absolute atomic E-state index is 0.130. The van der Waals surface area contributed by atoms with E-state index in [4.69, 9.17) is 4.52 Å². The van der Waals surface area contributed by atoms with Gasteiger partial charge in [0.2, 0.25) is 5.91 Å². The Kier molecular flexibility index (Phi) is 4.19. The Morgan fingerprint density at radius 1 is 1.50 bits per heavy atom. The number of aromatic nitrogens is 4. The van der Waals surface area contributed by atoms with Gasteiger partial charge in [-0.2, -0.15) is 0 Å². The fourth-order valence-electron chi connectivity index (χ4n) is 2.19. The standard InChI is InChI=1S/C14H19N5O2S/c1-8(2)13-16-17-14(19(13)10-4-5-10)22-7-12(20)15-11-6-9(3)21-18-11/h6,8,10H,4-5,7H2,1-3H3,(H,15,18,20). The molecule has 0 saturated heterocycles. The summed E-state index contributed by atoms with van der Waals surface area (Å²) in [7, 11) is 0. The Hall–Kier alpha value is -1.83. The molecule has 22 heavy (non-hydrogen) atoms. The number of carbonyl (C=O) groups excluding carboxylic acids is 1. The first-order valence-electron chi connectivity index (χ1n) is 7.35. The number of nitrogens with one attached hydrogen (secondary N) is 1. The summed E-state index contributed by atoms with van der Waals surface area (Å²) >= 11 is 1.41. The van der Waals surface area contributed by atoms with Crippen molar-refractivity contribution in [3.63, 3.8) is 0 Å². The zero-order chi connectivity index (χ0) is 15.7. The fraction of sp³-hybridized carbons (Fsp3) is 0.571. The van der Waals surface area contributed by atoms with Gasteiger partial charge in [0.25, 0.3) is 0 Å². The largest absolute Gasteiger partial charge is 0.360 e. The summed E-state index contributed by atoms with van der Waals surface area (Å²) in [5.74, 6) is 2.57. The maximum atomic E-state index is 12.0. The average molecular weight is 321 g/mol. The number of aryl methyl sites for hydroxylation is 1. The number of rotatable bonds is 6. The van der Waals surface area contributed by atoms with Crippen LogP contribution >= 0.6 is 11.8 Å². The van der Waals surface area contributed by atoms with E-state index >= 15 is 0 Å². The van der Waals surface area contributed by atoms with Crippen molar-refractivity contribution >= 4 is 23.5 Å². The van der Waals surface area contributed by atoms with Crippen LogP contribution in [0.25, 0.3) is 0 Å². The fourth-order valence-corrected chi connectivity index (χ4v) is 3.00. The minimum atomic E-state index is -0.130. The molecule has 0 radical (unpaired) electrons. The first-order valence-corrected chi connectivity index (χ1v) is 8.34. The van der Waals surface area contributed by atoms with Crippen LogP contribution < -0.4 is 5.32 Å². The number of hydrogen-bond donors (Lipinski definition) is 1. The molecule has 7 nitrogen and oxygen atoms in total. The van der Waals surface area contributed by atoms with E-state index in [-0.39, 0.29) is 11.7 Å². The lowest BCUT2D eigenvalue weighted by Gasteiger charge is -2.10. The normalized spacial score (nSPS) is 14.5. The smallest absolute Gasteiger partial charge is 0.236 e. The molecule has 1 amide bonds. The summed E-state index contributed by atoms with van der Waals surface area (Å²) in [4.78, 5) is 12.0. The Balaban J connectivity index is 1.62. The summed E-state index contributed by atoms with van der Waals surface area (Å²) in [6.07, 6.45) is 2.32. The van der Waals surface area contributed by atoms with Crippen LogP contribution in [-0.4, -0.2) is 31.6 Å². The van der Waals surface area contributed by atoms with Crippen LogP contribution in [0, 0.1) is 6.92 Å². The van der Waals surface area contributed by atoms with Gasteiger partial charge < -0.3 is 14.4 Å². The number of thioether (sulfide) groups is 1. The summed E-state index contributed by atoms with van der Waals surface area (Å²) in [6, 6.07) is 2.18. The van der Waals surface area contributed by atoms with Crippen LogP contribution in [0.3, 0.4) is 0 Å². The number of carbonyl (C=O) groups is 1. The lowest BCUT2D eigenvalue weighted by atomic mass is 10.2. The average Bonchev–Trinajstić information content (AvgIpc) is 3.08. The second-order valence-corrected chi connectivity index (χ2v) is 6.70. The third-order valence-corrected chi connectivity index (χ3v) is 4.29. The van der Waals surface area contributed by atoms with E-state index in [0.717, 1.165) is 23.8 Å². The van der Waals surface area contributed by atoms with Gasteiger partial charge in [0.15, 0.2) is 11.0 Å². The van der Waals surface area contributed by atoms with Crippen LogP contribution in [0.2, 0.25) is 0 Å². The highest BCUT2D eigenvalue weighted by atomic mass is 32.2. The van der Waals surface area contributed by atoms with Crippen molar-refractivity contribution in [3.05, 3.63) is 17.7 Å². The van der Waals surface area contributed by atoms with Crippen LogP contribution in [-0.2, 0) is 4.79 Å². The van der Waals surface area contributed by atoms with Crippen LogP contribution in [0.1, 0.15) is 50.2 Å². The predicted molar refractivity (Wildman–Crippen MR) is 83.0 cm³/mol. The zero-order valence-electron chi connectivity index (χ0n) is 12.9. The highest BCUT2D eigenvalue weighted by Crippen LogP contribution is 2.40. The summed E-state index contributed by atoms with van der Waals surface area (Å²) < 4.78 is 7.10. The Morgan fingerprint density at radius 3 is 2.86 bits per heavy atom. The molecule has 0 aliphatic heterocycles. The molecule has 0 atom stereocenters. The van der Waals surface area contributed by atoms with Crippen molar-refractivity contribution in [2.45, 2.75) is 50.7 Å². The minimum Gasteiger partial charge on any atom is -0.360 e. The molecule has 8 heteroatoms. The predicted octanol–water partition coefficient (Wildman–Crippen LogP) is 2.76. The highest BCUT2D eigenvalue weighted by Gasteiger charge is 2.30. The van der Waals surface area contributed by atoms with Crippen molar-refractivity contribution in [3.8, 4) is 0 Å². The number of amides is 1. The van der Waals surface area contributed by atoms with E-state index < -0.39 is 0 Å². The molecule has 1 fully saturated rings. The summed E-state index contributed by atoms with van der Waals surface area (Å²) in [6.45, 7) is 6.00. The second-order valence-electron chi connectivity index (χ2n) is 5.76. The van der Waals surface area contributed by atoms with Gasteiger partial charge in [-0.3, -0.25) is 4.79 Å². The molecule has 1 saturated carbocycles. The van der Waals surface area contributed by atoms with Gasteiger partial charge in [-0.25, -0.2) is 0 Å². The molecule has 3 rings (SSSR count). The van der Waals surface area contributed by atoms with Crippen LogP contribution in [0.15, 0.2) is 15.7 Å². The van der Waals surface area contributed by atoms with Gasteiger partial charge in [-0.05, 0) is 19.8 Å². The molecular formula is C14H19N5O2S. The molecule has 0 bridgehead atoms. The Bertz CT molecular complexity index is 675. The maximum Gasteiger partial charge on any atom is 0.236 e. The van der Waals surface area contributed by atoms with Crippen LogP contribution in [0.4, 0.5) is 5.82 Å². The molecule has 0 aromatic carbocycles. The van der Waals surface area contributed by atoms with E-state index in [1.54, 1.807) is 13.0 Å². The van der Waals surface area contributed by atoms with Gasteiger partial charge >= 0.3 is 0 Å². The van der Waals surface area contributed by atoms with Crippen molar-refractivity contribution in [2.75, 3.05) is 11.1 Å². The SMILES string of the molecule is Cc1cc(NC(=O)CSc2nnc(C(C)C)n2C2CC2)no1. The van der Waals surface area contributed by atoms with Gasteiger partial charge in [-0.15, -0.1) is 10.2 Å². The van der Waals surface area contributed by atoms with Gasteiger partial charge in [0, 0.05) is 18.0 Å². The quantitative estimate of drug-likeness (QED) is 0.823. The number of hydrogen-bond acceptors (Lipinski definition) is 6. The summed E-state index contributed by atoms with van der Waals surface area (Å²) in [5.41, 5.74) is 0. The van der Waals surface area contributed by atoms with Crippen molar-refractivity contribution in [2.24, 2.45) is 0 Å². The molecule has 2 aromatic heterocycles. The topological polar surface area (TPSA) is 85.8 Å². The van der Waals surface area contributed by atoms with E-state index in [1.165, 1.54) is 11.8 Å². The lowest BCUT2D eigenvalue weighted by Crippen LogP contribution is -2.15. The zero-order valence-corrected chi connectivity index (χ0v) is 13.7. The molecular weight excluding hydrogens is 302 g/mol. The highest BCUT2D eigenvalue weighted by molar-refractivity contribution is 7.99. The van der Waals surface area contributed by atoms with Crippen molar-refractivity contribution in [1.29, 1.82) is 0 Å². The first-order chi connectivity index (χ1) is 10.5. The lowest BCUT2D eigenvalue weighted by molar-refractivity contribution is -0.113. The van der Waals surface area contributed by atoms with Crippen LogP contribution in [0.5, 0.6) is 0 Å². The maximum absolute atomic E-state index is 12.0. The number of nitrogens with zero attached hydrogens (tertiary/aromatic N) is 4. The third kappa shape index (κ3) is 3.32. The van der Waals surface area contributed by atoms with E-state index in [0.29, 0.717) is 23.5 Å². The van der Waals surface area contributed by atoms with E-state index in [1.807, 2.05) is 0 Å². The summed E-state index contributed by atoms with van der Waals surface area (Å²) in [5, 5.41) is 15.8. The van der Waals surface area contributed by atoms with Gasteiger partial charge in [0.1, 0.15) is 11.6 Å². The van der Waals surface area contributed by atoms with Gasteiger partial charge in [0.05, 0.1) is 5.75 Å². The third-order valence-electron chi connectivity index (χ3n) is 3.35. The van der Waals surface area contributed by atoms with E-state index in [9.17, 15) is 4.79 Å². The Morgan fingerprint density at radius 2 is 2.27 bits per heavy atom. The molecule has 1 aliphatic rings. The molecule has 0 unspecified atom stereocenters. The van der Waals surface area contributed by atoms with Crippen molar-refractivity contribution < 1.29 is 9.32 Å². The Labute approximate surface area is 132 Å². The number of anilines is 1. The van der Waals surface area contributed by atoms with Gasteiger partial charge in [-0.1, -0.05) is 30.8 Å². The second kappa shape index (κ2) is 6.12. The molecule has 0 spiro atoms. The molecule has 2 heterocycles. The van der Waals surface area contributed by atoms with Crippen molar-refractivity contribution in [1.82, 2.24) is 19.9 Å². The van der Waals surface area contributed by atoms with E-state index in [2.05, 4.69) is 39.1 Å². The molecule has 1 aliphatic carbocycles. The monoisotopic (exact) mass is 321 g/mol.